The van der Waals surface area contributed by atoms with Crippen molar-refractivity contribution in [2.45, 2.75) is 46.4 Å². The van der Waals surface area contributed by atoms with Crippen LogP contribution < -0.4 is 5.32 Å². The molecule has 108 valence electrons. The summed E-state index contributed by atoms with van der Waals surface area (Å²) in [5, 5.41) is 3.18. The monoisotopic (exact) mass is 307 g/mol. The molecule has 7 heteroatoms. The van der Waals surface area contributed by atoms with Crippen molar-refractivity contribution >= 4 is 29.1 Å². The standard InChI is InChI=1S/C12H19Cl2N3O2/c1-4-6-8(3)15-12(18)11-16-9(13)10(14)17(11)7-19-5-2/h8H,4-7H2,1-3H3,(H,15,18). The quantitative estimate of drug-likeness (QED) is 0.842. The van der Waals surface area contributed by atoms with Crippen LogP contribution in [0.3, 0.4) is 0 Å². The molecule has 0 aromatic carbocycles. The Morgan fingerprint density at radius 2 is 2.16 bits per heavy atom. The van der Waals surface area contributed by atoms with Crippen LogP contribution in [0, 0.1) is 0 Å². The lowest BCUT2D eigenvalue weighted by molar-refractivity contribution is 0.0782. The maximum absolute atomic E-state index is 12.1. The fraction of sp³-hybridized carbons (Fsp3) is 0.667. The van der Waals surface area contributed by atoms with Crippen molar-refractivity contribution in [3.8, 4) is 0 Å². The summed E-state index contributed by atoms with van der Waals surface area (Å²) in [7, 11) is 0. The Morgan fingerprint density at radius 3 is 2.74 bits per heavy atom. The molecule has 1 unspecified atom stereocenters. The van der Waals surface area contributed by atoms with E-state index < -0.39 is 0 Å². The second-order valence-electron chi connectivity index (χ2n) is 4.23. The van der Waals surface area contributed by atoms with Gasteiger partial charge < -0.3 is 10.1 Å². The molecule has 0 aliphatic carbocycles. The van der Waals surface area contributed by atoms with Crippen LogP contribution in [-0.2, 0) is 11.5 Å². The van der Waals surface area contributed by atoms with Crippen molar-refractivity contribution in [3.05, 3.63) is 16.1 Å². The number of halogens is 2. The molecule has 0 aliphatic heterocycles. The molecule has 1 rings (SSSR count). The molecular formula is C12H19Cl2N3O2. The molecule has 0 aliphatic rings. The molecule has 0 saturated carbocycles. The summed E-state index contributed by atoms with van der Waals surface area (Å²) in [6, 6.07) is 0.0762. The predicted octanol–water partition coefficient (Wildman–Crippen LogP) is 3.10. The number of carbonyl (C=O) groups excluding carboxylic acids is 1. The molecule has 1 N–H and O–H groups in total. The molecule has 0 bridgehead atoms. The summed E-state index contributed by atoms with van der Waals surface area (Å²) in [5.41, 5.74) is 0. The Hall–Kier alpha value is -0.780. The SMILES string of the molecule is CCCC(C)NC(=O)c1nc(Cl)c(Cl)n1COCC. The summed E-state index contributed by atoms with van der Waals surface area (Å²) in [5.74, 6) is -0.124. The first kappa shape index (κ1) is 16.3. The van der Waals surface area contributed by atoms with Crippen molar-refractivity contribution in [2.75, 3.05) is 6.61 Å². The van der Waals surface area contributed by atoms with Crippen LogP contribution in [0.5, 0.6) is 0 Å². The number of ether oxygens (including phenoxy) is 1. The highest BCUT2D eigenvalue weighted by Crippen LogP contribution is 2.23. The minimum Gasteiger partial charge on any atom is -0.361 e. The molecule has 5 nitrogen and oxygen atoms in total. The smallest absolute Gasteiger partial charge is 0.287 e. The van der Waals surface area contributed by atoms with E-state index in [9.17, 15) is 4.79 Å². The fourth-order valence-electron chi connectivity index (χ4n) is 1.67. The first-order chi connectivity index (χ1) is 9.01. The van der Waals surface area contributed by atoms with Gasteiger partial charge in [0.2, 0.25) is 5.82 Å². The van der Waals surface area contributed by atoms with Gasteiger partial charge in [0.05, 0.1) is 0 Å². The van der Waals surface area contributed by atoms with E-state index in [0.717, 1.165) is 12.8 Å². The average Bonchev–Trinajstić information content (AvgIpc) is 2.64. The number of nitrogens with one attached hydrogen (secondary N) is 1. The Balaban J connectivity index is 2.86. The van der Waals surface area contributed by atoms with E-state index >= 15 is 0 Å². The van der Waals surface area contributed by atoms with Crippen LogP contribution in [0.25, 0.3) is 0 Å². The molecule has 0 saturated heterocycles. The zero-order valence-electron chi connectivity index (χ0n) is 11.4. The van der Waals surface area contributed by atoms with Crippen LogP contribution >= 0.6 is 23.2 Å². The van der Waals surface area contributed by atoms with E-state index in [0.29, 0.717) is 6.61 Å². The maximum Gasteiger partial charge on any atom is 0.287 e. The van der Waals surface area contributed by atoms with Gasteiger partial charge in [-0.2, -0.15) is 0 Å². The van der Waals surface area contributed by atoms with Crippen LogP contribution in [0.1, 0.15) is 44.2 Å². The molecule has 1 amide bonds. The summed E-state index contributed by atoms with van der Waals surface area (Å²) in [4.78, 5) is 16.1. The van der Waals surface area contributed by atoms with Gasteiger partial charge in [-0.15, -0.1) is 0 Å². The van der Waals surface area contributed by atoms with Gasteiger partial charge in [-0.3, -0.25) is 9.36 Å². The predicted molar refractivity (Wildman–Crippen MR) is 75.7 cm³/mol. The van der Waals surface area contributed by atoms with E-state index in [1.165, 1.54) is 4.57 Å². The van der Waals surface area contributed by atoms with E-state index in [1.807, 2.05) is 13.8 Å². The highest BCUT2D eigenvalue weighted by Gasteiger charge is 2.21. The second kappa shape index (κ2) is 7.72. The third kappa shape index (κ3) is 4.37. The van der Waals surface area contributed by atoms with Gasteiger partial charge in [-0.25, -0.2) is 4.98 Å². The van der Waals surface area contributed by atoms with Crippen molar-refractivity contribution in [2.24, 2.45) is 0 Å². The fourth-order valence-corrected chi connectivity index (χ4v) is 2.02. The minimum absolute atomic E-state index is 0.0762. The van der Waals surface area contributed by atoms with Crippen LogP contribution in [0.2, 0.25) is 10.3 Å². The van der Waals surface area contributed by atoms with E-state index in [1.54, 1.807) is 0 Å². The van der Waals surface area contributed by atoms with Gasteiger partial charge in [0.1, 0.15) is 11.9 Å². The number of hydrogen-bond donors (Lipinski definition) is 1. The Labute approximate surface area is 123 Å². The topological polar surface area (TPSA) is 56.2 Å². The first-order valence-electron chi connectivity index (χ1n) is 6.31. The number of aromatic nitrogens is 2. The number of amides is 1. The third-order valence-electron chi connectivity index (χ3n) is 2.59. The largest absolute Gasteiger partial charge is 0.361 e. The third-order valence-corrected chi connectivity index (χ3v) is 3.34. The molecule has 1 heterocycles. The first-order valence-corrected chi connectivity index (χ1v) is 7.06. The number of rotatable bonds is 7. The molecule has 1 atom stereocenters. The molecule has 0 fully saturated rings. The number of hydrogen-bond acceptors (Lipinski definition) is 3. The summed E-state index contributed by atoms with van der Waals surface area (Å²) >= 11 is 11.9. The minimum atomic E-state index is -0.297. The number of imidazole rings is 1. The van der Waals surface area contributed by atoms with Gasteiger partial charge in [-0.1, -0.05) is 36.5 Å². The maximum atomic E-state index is 12.1. The zero-order chi connectivity index (χ0) is 14.4. The highest BCUT2D eigenvalue weighted by molar-refractivity contribution is 6.40. The van der Waals surface area contributed by atoms with Crippen LogP contribution in [-0.4, -0.2) is 28.1 Å². The molecule has 1 aromatic heterocycles. The van der Waals surface area contributed by atoms with Crippen molar-refractivity contribution in [1.82, 2.24) is 14.9 Å². The van der Waals surface area contributed by atoms with Crippen LogP contribution in [0.15, 0.2) is 0 Å². The lowest BCUT2D eigenvalue weighted by atomic mass is 10.2. The van der Waals surface area contributed by atoms with Crippen molar-refractivity contribution in [3.63, 3.8) is 0 Å². The average molecular weight is 308 g/mol. The molecule has 0 radical (unpaired) electrons. The summed E-state index contributed by atoms with van der Waals surface area (Å²) < 4.78 is 6.72. The van der Waals surface area contributed by atoms with E-state index in [-0.39, 0.29) is 34.8 Å². The van der Waals surface area contributed by atoms with Crippen LogP contribution in [0.4, 0.5) is 0 Å². The van der Waals surface area contributed by atoms with Gasteiger partial charge in [-0.05, 0) is 20.3 Å². The van der Waals surface area contributed by atoms with Gasteiger partial charge >= 0.3 is 0 Å². The van der Waals surface area contributed by atoms with E-state index in [4.69, 9.17) is 27.9 Å². The number of nitrogens with zero attached hydrogens (tertiary/aromatic N) is 2. The van der Waals surface area contributed by atoms with Crippen molar-refractivity contribution < 1.29 is 9.53 Å². The molecule has 19 heavy (non-hydrogen) atoms. The Kier molecular flexibility index (Phi) is 6.62. The number of carbonyl (C=O) groups is 1. The van der Waals surface area contributed by atoms with Gasteiger partial charge in [0, 0.05) is 12.6 Å². The lowest BCUT2D eigenvalue weighted by Gasteiger charge is -2.13. The zero-order valence-corrected chi connectivity index (χ0v) is 12.9. The molecule has 0 spiro atoms. The summed E-state index contributed by atoms with van der Waals surface area (Å²) in [6.07, 6.45) is 1.90. The normalized spacial score (nSPS) is 12.5. The van der Waals surface area contributed by atoms with E-state index in [2.05, 4.69) is 17.2 Å². The van der Waals surface area contributed by atoms with Gasteiger partial charge in [0.25, 0.3) is 5.91 Å². The second-order valence-corrected chi connectivity index (χ2v) is 4.95. The Morgan fingerprint density at radius 1 is 1.47 bits per heavy atom. The highest BCUT2D eigenvalue weighted by atomic mass is 35.5. The van der Waals surface area contributed by atoms with Crippen molar-refractivity contribution in [1.29, 1.82) is 0 Å². The Bertz CT molecular complexity index is 435. The lowest BCUT2D eigenvalue weighted by Crippen LogP contribution is -2.34. The summed E-state index contributed by atoms with van der Waals surface area (Å²) in [6.45, 7) is 6.53. The molecule has 1 aromatic rings. The molecular weight excluding hydrogens is 289 g/mol. The van der Waals surface area contributed by atoms with Gasteiger partial charge in [0.15, 0.2) is 5.15 Å².